The molecule has 0 amide bonds. The predicted molar refractivity (Wildman–Crippen MR) is 96.0 cm³/mol. The number of aromatic nitrogens is 2. The lowest BCUT2D eigenvalue weighted by Crippen LogP contribution is -2.02. The molecular formula is C19H12N2O3S. The quantitative estimate of drug-likeness (QED) is 0.463. The Morgan fingerprint density at radius 1 is 0.920 bits per heavy atom. The molecule has 0 atom stereocenters. The molecule has 1 aromatic heterocycles. The van der Waals surface area contributed by atoms with E-state index < -0.39 is 10.1 Å². The first-order chi connectivity index (χ1) is 11.9. The van der Waals surface area contributed by atoms with E-state index in [0.717, 1.165) is 38.6 Å². The standard InChI is InChI=1S/C19H12N2O3S/c1-10-15(25(22,23)24)9-11-5-4-6-12-17(11)16(10)19-18(12)20-13-7-2-3-8-14(13)21-19/h2-9H,1H3,(H,22,23,24). The second kappa shape index (κ2) is 4.62. The largest absolute Gasteiger partial charge is 0.294 e. The van der Waals surface area contributed by atoms with Crippen molar-refractivity contribution in [1.29, 1.82) is 0 Å². The summed E-state index contributed by atoms with van der Waals surface area (Å²) in [5.41, 5.74) is 5.10. The highest BCUT2D eigenvalue weighted by Crippen LogP contribution is 2.48. The number of fused-ring (bicyclic) bond motifs is 4. The molecule has 1 heterocycles. The molecule has 4 aromatic rings. The number of benzene rings is 3. The van der Waals surface area contributed by atoms with Gasteiger partial charge in [0.15, 0.2) is 0 Å². The van der Waals surface area contributed by atoms with Gasteiger partial charge in [-0.05, 0) is 36.1 Å². The summed E-state index contributed by atoms with van der Waals surface area (Å²) in [6.07, 6.45) is 0. The van der Waals surface area contributed by atoms with E-state index in [-0.39, 0.29) is 4.90 Å². The van der Waals surface area contributed by atoms with E-state index in [4.69, 9.17) is 9.97 Å². The van der Waals surface area contributed by atoms with Gasteiger partial charge in [-0.25, -0.2) is 9.97 Å². The Labute approximate surface area is 143 Å². The van der Waals surface area contributed by atoms with E-state index in [0.29, 0.717) is 11.3 Å². The molecule has 0 saturated heterocycles. The third-order valence-corrected chi connectivity index (χ3v) is 5.70. The third-order valence-electron chi connectivity index (χ3n) is 4.72. The Kier molecular flexibility index (Phi) is 2.68. The van der Waals surface area contributed by atoms with Gasteiger partial charge in [0.05, 0.1) is 27.3 Å². The molecule has 3 aromatic carbocycles. The molecule has 1 aliphatic rings. The predicted octanol–water partition coefficient (Wildman–Crippen LogP) is 3.99. The first-order valence-electron chi connectivity index (χ1n) is 7.76. The van der Waals surface area contributed by atoms with Crippen molar-refractivity contribution in [2.75, 3.05) is 0 Å². The lowest BCUT2D eigenvalue weighted by molar-refractivity contribution is 0.483. The van der Waals surface area contributed by atoms with Crippen LogP contribution in [0.4, 0.5) is 0 Å². The van der Waals surface area contributed by atoms with E-state index in [2.05, 4.69) is 0 Å². The molecule has 122 valence electrons. The lowest BCUT2D eigenvalue weighted by atomic mass is 10.00. The Hall–Kier alpha value is -2.83. The van der Waals surface area contributed by atoms with E-state index in [1.54, 1.807) is 6.92 Å². The first kappa shape index (κ1) is 14.5. The molecule has 5 rings (SSSR count). The number of hydrogen-bond donors (Lipinski definition) is 1. The normalized spacial score (nSPS) is 12.7. The highest BCUT2D eigenvalue weighted by molar-refractivity contribution is 7.85. The zero-order valence-electron chi connectivity index (χ0n) is 13.2. The van der Waals surface area contributed by atoms with E-state index in [1.807, 2.05) is 42.5 Å². The monoisotopic (exact) mass is 348 g/mol. The fourth-order valence-corrected chi connectivity index (χ4v) is 4.42. The molecule has 0 radical (unpaired) electrons. The number of nitrogens with zero attached hydrogens (tertiary/aromatic N) is 2. The van der Waals surface area contributed by atoms with Crippen LogP contribution in [-0.4, -0.2) is 22.9 Å². The van der Waals surface area contributed by atoms with Crippen molar-refractivity contribution in [3.05, 3.63) is 54.1 Å². The van der Waals surface area contributed by atoms with Gasteiger partial charge in [0.2, 0.25) is 0 Å². The minimum atomic E-state index is -4.33. The minimum Gasteiger partial charge on any atom is -0.282 e. The van der Waals surface area contributed by atoms with Crippen molar-refractivity contribution >= 4 is 31.9 Å². The van der Waals surface area contributed by atoms with Crippen LogP contribution in [0, 0.1) is 6.92 Å². The summed E-state index contributed by atoms with van der Waals surface area (Å²) >= 11 is 0. The summed E-state index contributed by atoms with van der Waals surface area (Å²) in [7, 11) is -4.33. The highest BCUT2D eigenvalue weighted by atomic mass is 32.2. The van der Waals surface area contributed by atoms with Crippen molar-refractivity contribution in [3.63, 3.8) is 0 Å². The topological polar surface area (TPSA) is 80.2 Å². The lowest BCUT2D eigenvalue weighted by Gasteiger charge is -2.10. The Morgan fingerprint density at radius 3 is 2.28 bits per heavy atom. The molecule has 0 bridgehead atoms. The van der Waals surface area contributed by atoms with Crippen LogP contribution in [0.25, 0.3) is 44.3 Å². The summed E-state index contributed by atoms with van der Waals surface area (Å²) < 4.78 is 33.3. The third kappa shape index (κ3) is 1.89. The number of rotatable bonds is 1. The summed E-state index contributed by atoms with van der Waals surface area (Å²) in [5.74, 6) is 0. The van der Waals surface area contributed by atoms with Crippen LogP contribution in [0.1, 0.15) is 5.56 Å². The Bertz CT molecular complexity index is 1330. The molecule has 1 aliphatic carbocycles. The van der Waals surface area contributed by atoms with Gasteiger partial charge in [0.1, 0.15) is 0 Å². The van der Waals surface area contributed by atoms with Gasteiger partial charge in [0, 0.05) is 16.5 Å². The van der Waals surface area contributed by atoms with Crippen LogP contribution in [-0.2, 0) is 10.1 Å². The summed E-state index contributed by atoms with van der Waals surface area (Å²) in [6, 6.07) is 14.8. The van der Waals surface area contributed by atoms with Crippen LogP contribution in [0.15, 0.2) is 53.4 Å². The van der Waals surface area contributed by atoms with Crippen LogP contribution < -0.4 is 0 Å². The molecule has 0 saturated carbocycles. The molecule has 0 aliphatic heterocycles. The first-order valence-corrected chi connectivity index (χ1v) is 9.20. The van der Waals surface area contributed by atoms with E-state index in [9.17, 15) is 13.0 Å². The second-order valence-electron chi connectivity index (χ2n) is 6.16. The Morgan fingerprint density at radius 2 is 1.60 bits per heavy atom. The molecule has 5 nitrogen and oxygen atoms in total. The van der Waals surface area contributed by atoms with Crippen molar-refractivity contribution in [2.45, 2.75) is 11.8 Å². The van der Waals surface area contributed by atoms with Crippen molar-refractivity contribution in [3.8, 4) is 22.5 Å². The van der Waals surface area contributed by atoms with Gasteiger partial charge >= 0.3 is 0 Å². The van der Waals surface area contributed by atoms with E-state index >= 15 is 0 Å². The van der Waals surface area contributed by atoms with Crippen LogP contribution in [0.5, 0.6) is 0 Å². The SMILES string of the molecule is Cc1c(S(=O)(=O)O)cc2cccc3c2c1-c1nc2ccccc2nc1-3. The number of hydrogen-bond acceptors (Lipinski definition) is 4. The summed E-state index contributed by atoms with van der Waals surface area (Å²) in [5, 5.41) is 1.67. The second-order valence-corrected chi connectivity index (χ2v) is 7.55. The van der Waals surface area contributed by atoms with Gasteiger partial charge in [-0.1, -0.05) is 30.3 Å². The highest BCUT2D eigenvalue weighted by Gasteiger charge is 2.29. The average Bonchev–Trinajstić information content (AvgIpc) is 2.90. The maximum atomic E-state index is 11.8. The molecule has 0 fully saturated rings. The van der Waals surface area contributed by atoms with Crippen molar-refractivity contribution in [1.82, 2.24) is 9.97 Å². The fraction of sp³-hybridized carbons (Fsp3) is 0.0526. The van der Waals surface area contributed by atoms with Gasteiger partial charge in [-0.3, -0.25) is 4.55 Å². The van der Waals surface area contributed by atoms with E-state index in [1.165, 1.54) is 6.07 Å². The zero-order valence-corrected chi connectivity index (χ0v) is 14.0. The number of para-hydroxylation sites is 2. The average molecular weight is 348 g/mol. The zero-order chi connectivity index (χ0) is 17.3. The maximum absolute atomic E-state index is 11.8. The van der Waals surface area contributed by atoms with Gasteiger partial charge in [-0.2, -0.15) is 8.42 Å². The van der Waals surface area contributed by atoms with Crippen LogP contribution in [0.3, 0.4) is 0 Å². The summed E-state index contributed by atoms with van der Waals surface area (Å²) in [4.78, 5) is 9.41. The summed E-state index contributed by atoms with van der Waals surface area (Å²) in [6.45, 7) is 1.70. The van der Waals surface area contributed by atoms with Gasteiger partial charge in [0.25, 0.3) is 10.1 Å². The molecular weight excluding hydrogens is 336 g/mol. The van der Waals surface area contributed by atoms with Crippen LogP contribution in [0.2, 0.25) is 0 Å². The molecule has 0 spiro atoms. The molecule has 1 N–H and O–H groups in total. The molecule has 0 unspecified atom stereocenters. The maximum Gasteiger partial charge on any atom is 0.294 e. The molecule has 6 heteroatoms. The smallest absolute Gasteiger partial charge is 0.282 e. The van der Waals surface area contributed by atoms with Crippen molar-refractivity contribution < 1.29 is 13.0 Å². The van der Waals surface area contributed by atoms with Crippen LogP contribution >= 0.6 is 0 Å². The Balaban J connectivity index is 2.02. The van der Waals surface area contributed by atoms with Crippen molar-refractivity contribution in [2.24, 2.45) is 0 Å². The fourth-order valence-electron chi connectivity index (χ4n) is 3.65. The van der Waals surface area contributed by atoms with Gasteiger partial charge < -0.3 is 0 Å². The molecule has 25 heavy (non-hydrogen) atoms. The minimum absolute atomic E-state index is 0.0880. The van der Waals surface area contributed by atoms with Gasteiger partial charge in [-0.15, -0.1) is 0 Å².